The van der Waals surface area contributed by atoms with Gasteiger partial charge in [0.1, 0.15) is 17.5 Å². The van der Waals surface area contributed by atoms with E-state index in [0.29, 0.717) is 12.3 Å². The number of fused-ring (bicyclic) bond motifs is 1. The summed E-state index contributed by atoms with van der Waals surface area (Å²) in [6.45, 7) is 2.87. The zero-order chi connectivity index (χ0) is 22.8. The molecule has 0 aliphatic carbocycles. The van der Waals surface area contributed by atoms with Gasteiger partial charge in [0, 0.05) is 20.1 Å². The first kappa shape index (κ1) is 21.5. The molecule has 0 saturated carbocycles. The zero-order valence-corrected chi connectivity index (χ0v) is 18.7. The topological polar surface area (TPSA) is 80.4 Å². The number of carbonyl (C=O) groups is 1. The second-order valence-corrected chi connectivity index (χ2v) is 8.15. The molecule has 164 valence electrons. The van der Waals surface area contributed by atoms with Gasteiger partial charge in [-0.2, -0.15) is 0 Å². The maximum atomic E-state index is 13.0. The summed E-state index contributed by atoms with van der Waals surface area (Å²) in [4.78, 5) is 31.8. The predicted molar refractivity (Wildman–Crippen MR) is 124 cm³/mol. The van der Waals surface area contributed by atoms with Crippen LogP contribution in [0.25, 0.3) is 22.2 Å². The highest BCUT2D eigenvalue weighted by Crippen LogP contribution is 2.25. The smallest absolute Gasteiger partial charge is 0.265 e. The van der Waals surface area contributed by atoms with Crippen LogP contribution in [0.1, 0.15) is 27.2 Å². The Kier molecular flexibility index (Phi) is 5.92. The molecule has 1 N–H and O–H groups in total. The molecule has 0 bridgehead atoms. The average molecular weight is 431 g/mol. The van der Waals surface area contributed by atoms with Crippen molar-refractivity contribution in [1.82, 2.24) is 19.8 Å². The van der Waals surface area contributed by atoms with Gasteiger partial charge >= 0.3 is 0 Å². The Morgan fingerprint density at radius 1 is 1.12 bits per heavy atom. The monoisotopic (exact) mass is 430 g/mol. The van der Waals surface area contributed by atoms with E-state index in [-0.39, 0.29) is 28.1 Å². The third-order valence-corrected chi connectivity index (χ3v) is 5.40. The standard InChI is InChI=1S/C25H26N4O3/c1-16-21(22-24(32-16)27-15-29(4)25(22)31)23(30)26-13-19-7-5-6-8-20(19)18-11-9-17(10-12-18)14-28(2)3/h5-12,15H,13-14H2,1-4H3,(H,26,30). The van der Waals surface area contributed by atoms with E-state index in [4.69, 9.17) is 4.42 Å². The molecule has 2 heterocycles. The molecule has 2 aromatic carbocycles. The van der Waals surface area contributed by atoms with Gasteiger partial charge in [-0.3, -0.25) is 9.59 Å². The van der Waals surface area contributed by atoms with Crippen molar-refractivity contribution in [1.29, 1.82) is 0 Å². The average Bonchev–Trinajstić information content (AvgIpc) is 3.12. The summed E-state index contributed by atoms with van der Waals surface area (Å²) in [5, 5.41) is 3.15. The summed E-state index contributed by atoms with van der Waals surface area (Å²) in [6.07, 6.45) is 1.38. The van der Waals surface area contributed by atoms with Crippen LogP contribution >= 0.6 is 0 Å². The van der Waals surface area contributed by atoms with Crippen molar-refractivity contribution in [3.63, 3.8) is 0 Å². The molecule has 1 amide bonds. The van der Waals surface area contributed by atoms with Crippen LogP contribution in [0.4, 0.5) is 0 Å². The van der Waals surface area contributed by atoms with Gasteiger partial charge in [-0.25, -0.2) is 4.98 Å². The quantitative estimate of drug-likeness (QED) is 0.507. The Bertz CT molecular complexity index is 1330. The van der Waals surface area contributed by atoms with E-state index in [9.17, 15) is 9.59 Å². The van der Waals surface area contributed by atoms with Crippen molar-refractivity contribution in [3.8, 4) is 11.1 Å². The van der Waals surface area contributed by atoms with Gasteiger partial charge in [0.2, 0.25) is 5.71 Å². The van der Waals surface area contributed by atoms with Gasteiger partial charge in [0.05, 0.1) is 5.56 Å². The molecule has 0 unspecified atom stereocenters. The minimum Gasteiger partial charge on any atom is -0.442 e. The summed E-state index contributed by atoms with van der Waals surface area (Å²) in [6, 6.07) is 16.4. The minimum absolute atomic E-state index is 0.175. The van der Waals surface area contributed by atoms with Crippen LogP contribution in [0, 0.1) is 6.92 Å². The van der Waals surface area contributed by atoms with Gasteiger partial charge in [-0.1, -0.05) is 48.5 Å². The number of benzene rings is 2. The maximum Gasteiger partial charge on any atom is 0.265 e. The highest BCUT2D eigenvalue weighted by atomic mass is 16.3. The molecule has 7 heteroatoms. The number of amides is 1. The highest BCUT2D eigenvalue weighted by Gasteiger charge is 2.22. The largest absolute Gasteiger partial charge is 0.442 e. The van der Waals surface area contributed by atoms with E-state index in [2.05, 4.69) is 39.5 Å². The summed E-state index contributed by atoms with van der Waals surface area (Å²) in [5.74, 6) is 0.0144. The number of carbonyl (C=O) groups excluding carboxylic acids is 1. The zero-order valence-electron chi connectivity index (χ0n) is 18.7. The van der Waals surface area contributed by atoms with E-state index >= 15 is 0 Å². The molecule has 32 heavy (non-hydrogen) atoms. The van der Waals surface area contributed by atoms with Crippen LogP contribution in [0.5, 0.6) is 0 Å². The van der Waals surface area contributed by atoms with Gasteiger partial charge in [-0.05, 0) is 43.3 Å². The summed E-state index contributed by atoms with van der Waals surface area (Å²) < 4.78 is 6.89. The van der Waals surface area contributed by atoms with Crippen LogP contribution in [0.3, 0.4) is 0 Å². The SMILES string of the molecule is Cc1oc2ncn(C)c(=O)c2c1C(=O)NCc1ccccc1-c1ccc(CN(C)C)cc1. The molecule has 0 saturated heterocycles. The lowest BCUT2D eigenvalue weighted by Gasteiger charge is -2.13. The maximum absolute atomic E-state index is 13.0. The second kappa shape index (κ2) is 8.80. The van der Waals surface area contributed by atoms with Crippen molar-refractivity contribution in [2.24, 2.45) is 7.05 Å². The van der Waals surface area contributed by atoms with Crippen molar-refractivity contribution >= 4 is 17.0 Å². The molecule has 4 rings (SSSR count). The van der Waals surface area contributed by atoms with Crippen LogP contribution in [-0.4, -0.2) is 34.5 Å². The molecular weight excluding hydrogens is 404 g/mol. The van der Waals surface area contributed by atoms with Gasteiger partial charge in [0.15, 0.2) is 0 Å². The number of furan rings is 1. The first-order valence-electron chi connectivity index (χ1n) is 10.4. The Morgan fingerprint density at radius 2 is 1.84 bits per heavy atom. The van der Waals surface area contributed by atoms with Gasteiger partial charge in [0.25, 0.3) is 11.5 Å². The van der Waals surface area contributed by atoms with Crippen LogP contribution in [-0.2, 0) is 20.1 Å². The molecular formula is C25H26N4O3. The second-order valence-electron chi connectivity index (χ2n) is 8.15. The summed E-state index contributed by atoms with van der Waals surface area (Å²) in [5.41, 5.74) is 4.46. The summed E-state index contributed by atoms with van der Waals surface area (Å²) >= 11 is 0. The molecule has 0 aliphatic heterocycles. The third kappa shape index (κ3) is 4.20. The fourth-order valence-electron chi connectivity index (χ4n) is 3.84. The van der Waals surface area contributed by atoms with Crippen molar-refractivity contribution < 1.29 is 9.21 Å². The number of aromatic nitrogens is 2. The molecule has 4 aromatic rings. The van der Waals surface area contributed by atoms with E-state index in [1.165, 1.54) is 16.5 Å². The fourth-order valence-corrected chi connectivity index (χ4v) is 3.84. The van der Waals surface area contributed by atoms with Crippen LogP contribution < -0.4 is 10.9 Å². The van der Waals surface area contributed by atoms with Crippen molar-refractivity contribution in [2.45, 2.75) is 20.0 Å². The Hall–Kier alpha value is -3.71. The lowest BCUT2D eigenvalue weighted by Crippen LogP contribution is -2.26. The first-order chi connectivity index (χ1) is 15.3. The fraction of sp³-hybridized carbons (Fsp3) is 0.240. The lowest BCUT2D eigenvalue weighted by atomic mass is 9.98. The van der Waals surface area contributed by atoms with E-state index in [1.807, 2.05) is 38.4 Å². The molecule has 2 aromatic heterocycles. The Balaban J connectivity index is 1.59. The molecule has 0 atom stereocenters. The molecule has 0 fully saturated rings. The number of hydrogen-bond acceptors (Lipinski definition) is 5. The highest BCUT2D eigenvalue weighted by molar-refractivity contribution is 6.06. The minimum atomic E-state index is -0.359. The molecule has 0 radical (unpaired) electrons. The number of hydrogen-bond donors (Lipinski definition) is 1. The third-order valence-electron chi connectivity index (χ3n) is 5.40. The Morgan fingerprint density at radius 3 is 2.56 bits per heavy atom. The lowest BCUT2D eigenvalue weighted by molar-refractivity contribution is 0.0951. The Labute approximate surface area is 186 Å². The number of aryl methyl sites for hydroxylation is 2. The van der Waals surface area contributed by atoms with Gasteiger partial charge < -0.3 is 19.2 Å². The molecule has 0 spiro atoms. The van der Waals surface area contributed by atoms with Crippen molar-refractivity contribution in [3.05, 3.63) is 87.7 Å². The van der Waals surface area contributed by atoms with E-state index in [1.54, 1.807) is 14.0 Å². The number of rotatable bonds is 6. The summed E-state index contributed by atoms with van der Waals surface area (Å²) in [7, 11) is 5.68. The van der Waals surface area contributed by atoms with Gasteiger partial charge in [-0.15, -0.1) is 0 Å². The van der Waals surface area contributed by atoms with Crippen LogP contribution in [0.2, 0.25) is 0 Å². The van der Waals surface area contributed by atoms with Crippen molar-refractivity contribution in [2.75, 3.05) is 14.1 Å². The van der Waals surface area contributed by atoms with E-state index in [0.717, 1.165) is 23.2 Å². The van der Waals surface area contributed by atoms with Crippen LogP contribution in [0.15, 0.2) is 64.1 Å². The number of nitrogens with one attached hydrogen (secondary N) is 1. The number of nitrogens with zero attached hydrogens (tertiary/aromatic N) is 3. The molecule has 7 nitrogen and oxygen atoms in total. The predicted octanol–water partition coefficient (Wildman–Crippen LogP) is 3.49. The normalized spacial score (nSPS) is 11.3. The molecule has 0 aliphatic rings. The van der Waals surface area contributed by atoms with E-state index < -0.39 is 0 Å². The first-order valence-corrected chi connectivity index (χ1v) is 10.4.